The van der Waals surface area contributed by atoms with Gasteiger partial charge >= 0.3 is 0 Å². The first-order chi connectivity index (χ1) is 6.27. The minimum absolute atomic E-state index is 0.435. The van der Waals surface area contributed by atoms with Crippen molar-refractivity contribution in [2.24, 2.45) is 0 Å². The van der Waals surface area contributed by atoms with Gasteiger partial charge in [0.05, 0.1) is 12.7 Å². The Balaban J connectivity index is 2.69. The zero-order chi connectivity index (χ0) is 9.68. The third-order valence-electron chi connectivity index (χ3n) is 1.72. The highest BCUT2D eigenvalue weighted by Crippen LogP contribution is 2.18. The molecule has 0 heterocycles. The Kier molecular flexibility index (Phi) is 4.25. The molecule has 0 aromatic heterocycles. The van der Waals surface area contributed by atoms with Gasteiger partial charge in [-0.25, -0.2) is 0 Å². The molecule has 1 atom stereocenters. The maximum Gasteiger partial charge on any atom is 0.119 e. The van der Waals surface area contributed by atoms with Gasteiger partial charge in [0.15, 0.2) is 0 Å². The van der Waals surface area contributed by atoms with E-state index in [1.54, 1.807) is 0 Å². The number of ether oxygens (including phenoxy) is 1. The number of aliphatic hydroxyl groups is 1. The number of hydrogen-bond acceptors (Lipinski definition) is 2. The van der Waals surface area contributed by atoms with Crippen LogP contribution in [0.4, 0.5) is 0 Å². The summed E-state index contributed by atoms with van der Waals surface area (Å²) in [6, 6.07) is 7.48. The lowest BCUT2D eigenvalue weighted by molar-refractivity contribution is 0.205. The fraction of sp³-hybridized carbons (Fsp3) is 0.400. The topological polar surface area (TPSA) is 29.5 Å². The summed E-state index contributed by atoms with van der Waals surface area (Å²) in [5.41, 5.74) is 0.903. The molecule has 1 aromatic rings. The van der Waals surface area contributed by atoms with Crippen LogP contribution in [0.25, 0.3) is 0 Å². The molecule has 2 nitrogen and oxygen atoms in total. The maximum atomic E-state index is 9.46. The van der Waals surface area contributed by atoms with Gasteiger partial charge in [-0.15, -0.1) is 0 Å². The van der Waals surface area contributed by atoms with Crippen molar-refractivity contribution in [3.63, 3.8) is 0 Å². The molecule has 0 bridgehead atoms. The fourth-order valence-corrected chi connectivity index (χ4v) is 1.42. The quantitative estimate of drug-likeness (QED) is 0.826. The van der Waals surface area contributed by atoms with Crippen LogP contribution in [0.5, 0.6) is 5.75 Å². The second-order valence-corrected chi connectivity index (χ2v) is 3.32. The minimum Gasteiger partial charge on any atom is -0.494 e. The molecule has 1 unspecified atom stereocenters. The third-order valence-corrected chi connectivity index (χ3v) is 2.34. The molecule has 0 radical (unpaired) electrons. The molecule has 3 heteroatoms. The largest absolute Gasteiger partial charge is 0.494 e. The lowest BCUT2D eigenvalue weighted by Crippen LogP contribution is -1.98. The van der Waals surface area contributed by atoms with Gasteiger partial charge in [-0.05, 0) is 24.6 Å². The SMILES string of the molecule is CCOc1ccc(C(O)CBr)cc1. The van der Waals surface area contributed by atoms with E-state index in [1.165, 1.54) is 0 Å². The molecule has 13 heavy (non-hydrogen) atoms. The molecule has 0 saturated heterocycles. The highest BCUT2D eigenvalue weighted by Gasteiger charge is 2.04. The lowest BCUT2D eigenvalue weighted by atomic mass is 10.1. The van der Waals surface area contributed by atoms with E-state index in [1.807, 2.05) is 31.2 Å². The Morgan fingerprint density at radius 2 is 2.00 bits per heavy atom. The first-order valence-corrected chi connectivity index (χ1v) is 5.37. The molecule has 72 valence electrons. The second-order valence-electron chi connectivity index (χ2n) is 2.67. The van der Waals surface area contributed by atoms with Crippen molar-refractivity contribution in [3.05, 3.63) is 29.8 Å². The summed E-state index contributed by atoms with van der Waals surface area (Å²) < 4.78 is 5.28. The molecule has 0 amide bonds. The second kappa shape index (κ2) is 5.25. The van der Waals surface area contributed by atoms with Crippen LogP contribution in [0.2, 0.25) is 0 Å². The lowest BCUT2D eigenvalue weighted by Gasteiger charge is -2.08. The zero-order valence-corrected chi connectivity index (χ0v) is 9.12. The van der Waals surface area contributed by atoms with Crippen molar-refractivity contribution in [3.8, 4) is 5.75 Å². The van der Waals surface area contributed by atoms with Crippen molar-refractivity contribution in [1.82, 2.24) is 0 Å². The highest BCUT2D eigenvalue weighted by molar-refractivity contribution is 9.09. The van der Waals surface area contributed by atoms with Crippen LogP contribution < -0.4 is 4.74 Å². The Hall–Kier alpha value is -0.540. The average molecular weight is 245 g/mol. The van der Waals surface area contributed by atoms with Gasteiger partial charge in [0.2, 0.25) is 0 Å². The average Bonchev–Trinajstić information content (AvgIpc) is 2.18. The summed E-state index contributed by atoms with van der Waals surface area (Å²) in [6.07, 6.45) is -0.435. The van der Waals surface area contributed by atoms with E-state index in [2.05, 4.69) is 15.9 Å². The van der Waals surface area contributed by atoms with Gasteiger partial charge in [0.25, 0.3) is 0 Å². The molecular formula is C10H13BrO2. The van der Waals surface area contributed by atoms with Gasteiger partial charge in [-0.1, -0.05) is 28.1 Å². The first kappa shape index (κ1) is 10.5. The molecule has 0 aliphatic heterocycles. The van der Waals surface area contributed by atoms with E-state index < -0.39 is 6.10 Å². The molecular weight excluding hydrogens is 232 g/mol. The number of alkyl halides is 1. The molecule has 0 aliphatic rings. The molecule has 0 aliphatic carbocycles. The monoisotopic (exact) mass is 244 g/mol. The van der Waals surface area contributed by atoms with E-state index in [0.717, 1.165) is 11.3 Å². The van der Waals surface area contributed by atoms with Crippen molar-refractivity contribution in [1.29, 1.82) is 0 Å². The first-order valence-electron chi connectivity index (χ1n) is 4.24. The molecule has 0 saturated carbocycles. The van der Waals surface area contributed by atoms with Crippen molar-refractivity contribution >= 4 is 15.9 Å². The fourth-order valence-electron chi connectivity index (χ4n) is 1.04. The van der Waals surface area contributed by atoms with Gasteiger partial charge in [0.1, 0.15) is 5.75 Å². The van der Waals surface area contributed by atoms with Gasteiger partial charge < -0.3 is 9.84 Å². The van der Waals surface area contributed by atoms with Crippen LogP contribution in [0, 0.1) is 0 Å². The van der Waals surface area contributed by atoms with E-state index in [-0.39, 0.29) is 0 Å². The van der Waals surface area contributed by atoms with E-state index >= 15 is 0 Å². The van der Waals surface area contributed by atoms with Gasteiger partial charge in [0, 0.05) is 5.33 Å². The maximum absolute atomic E-state index is 9.46. The molecule has 0 spiro atoms. The molecule has 1 aromatic carbocycles. The van der Waals surface area contributed by atoms with Crippen molar-refractivity contribution in [2.45, 2.75) is 13.0 Å². The summed E-state index contributed by atoms with van der Waals surface area (Å²) in [7, 11) is 0. The third kappa shape index (κ3) is 3.01. The van der Waals surface area contributed by atoms with E-state index in [9.17, 15) is 5.11 Å². The minimum atomic E-state index is -0.435. The van der Waals surface area contributed by atoms with Gasteiger partial charge in [-0.2, -0.15) is 0 Å². The highest BCUT2D eigenvalue weighted by atomic mass is 79.9. The Morgan fingerprint density at radius 3 is 2.46 bits per heavy atom. The van der Waals surface area contributed by atoms with E-state index in [4.69, 9.17) is 4.74 Å². The Morgan fingerprint density at radius 1 is 1.38 bits per heavy atom. The zero-order valence-electron chi connectivity index (χ0n) is 7.53. The normalized spacial score (nSPS) is 12.5. The Bertz CT molecular complexity index is 246. The molecule has 1 rings (SSSR count). The standard InChI is InChI=1S/C10H13BrO2/c1-2-13-9-5-3-8(4-6-9)10(12)7-11/h3-6,10,12H,2,7H2,1H3. The van der Waals surface area contributed by atoms with Crippen LogP contribution in [0.3, 0.4) is 0 Å². The van der Waals surface area contributed by atoms with Crippen LogP contribution in [0.15, 0.2) is 24.3 Å². The van der Waals surface area contributed by atoms with E-state index in [0.29, 0.717) is 11.9 Å². The summed E-state index contributed by atoms with van der Waals surface area (Å²) in [5.74, 6) is 0.841. The van der Waals surface area contributed by atoms with Crippen LogP contribution in [-0.4, -0.2) is 17.0 Å². The predicted octanol–water partition coefficient (Wildman–Crippen LogP) is 2.51. The van der Waals surface area contributed by atoms with Gasteiger partial charge in [-0.3, -0.25) is 0 Å². The summed E-state index contributed by atoms with van der Waals surface area (Å²) >= 11 is 3.22. The number of aliphatic hydroxyl groups excluding tert-OH is 1. The number of hydrogen-bond donors (Lipinski definition) is 1. The number of rotatable bonds is 4. The number of halogens is 1. The predicted molar refractivity (Wildman–Crippen MR) is 56.4 cm³/mol. The van der Waals surface area contributed by atoms with Crippen molar-refractivity contribution < 1.29 is 9.84 Å². The van der Waals surface area contributed by atoms with Crippen LogP contribution in [0.1, 0.15) is 18.6 Å². The summed E-state index contributed by atoms with van der Waals surface area (Å²) in [5, 5.41) is 10.0. The molecule has 0 fully saturated rings. The Labute approximate surface area is 86.7 Å². The summed E-state index contributed by atoms with van der Waals surface area (Å²) in [4.78, 5) is 0. The summed E-state index contributed by atoms with van der Waals surface area (Å²) in [6.45, 7) is 2.61. The smallest absolute Gasteiger partial charge is 0.119 e. The van der Waals surface area contributed by atoms with Crippen LogP contribution >= 0.6 is 15.9 Å². The van der Waals surface area contributed by atoms with Crippen LogP contribution in [-0.2, 0) is 0 Å². The van der Waals surface area contributed by atoms with Crippen molar-refractivity contribution in [2.75, 3.05) is 11.9 Å². The molecule has 1 N–H and O–H groups in total. The number of benzene rings is 1.